The number of piperidine rings is 1. The summed E-state index contributed by atoms with van der Waals surface area (Å²) in [5.41, 5.74) is 1.13. The lowest BCUT2D eigenvalue weighted by Gasteiger charge is -2.33. The first kappa shape index (κ1) is 17.5. The third kappa shape index (κ3) is 5.06. The minimum atomic E-state index is -0.211. The van der Waals surface area contributed by atoms with Crippen molar-refractivity contribution in [3.8, 4) is 0 Å². The number of hydrogen-bond donors (Lipinski definition) is 1. The predicted octanol–water partition coefficient (Wildman–Crippen LogP) is 1.63. The van der Waals surface area contributed by atoms with Gasteiger partial charge < -0.3 is 15.1 Å². The molecule has 2 amide bonds. The molecule has 1 aliphatic heterocycles. The Balaban J connectivity index is 1.80. The van der Waals surface area contributed by atoms with E-state index in [1.807, 2.05) is 49.2 Å². The summed E-state index contributed by atoms with van der Waals surface area (Å²) in [5, 5.41) is 3.42. The molecule has 2 rings (SSSR count). The molecule has 1 saturated heterocycles. The van der Waals surface area contributed by atoms with Gasteiger partial charge in [0.1, 0.15) is 0 Å². The van der Waals surface area contributed by atoms with Gasteiger partial charge in [-0.15, -0.1) is 0 Å². The van der Waals surface area contributed by atoms with Crippen LogP contribution >= 0.6 is 0 Å². The minimum absolute atomic E-state index is 0.0999. The first-order valence-corrected chi connectivity index (χ1v) is 8.28. The molecule has 5 nitrogen and oxygen atoms in total. The molecule has 0 aromatic heterocycles. The number of carbonyl (C=O) groups is 2. The van der Waals surface area contributed by atoms with Gasteiger partial charge in [-0.05, 0) is 25.3 Å². The van der Waals surface area contributed by atoms with Crippen LogP contribution in [0.3, 0.4) is 0 Å². The summed E-state index contributed by atoms with van der Waals surface area (Å²) in [6.07, 6.45) is 1.80. The molecule has 1 fully saturated rings. The molecule has 1 aliphatic rings. The molecule has 0 aliphatic carbocycles. The van der Waals surface area contributed by atoms with E-state index in [1.54, 1.807) is 11.8 Å². The van der Waals surface area contributed by atoms with Crippen LogP contribution in [-0.4, -0.2) is 53.8 Å². The van der Waals surface area contributed by atoms with E-state index in [0.29, 0.717) is 12.6 Å². The van der Waals surface area contributed by atoms with Gasteiger partial charge in [0.25, 0.3) is 0 Å². The van der Waals surface area contributed by atoms with E-state index in [1.165, 1.54) is 0 Å². The number of amides is 2. The lowest BCUT2D eigenvalue weighted by Crippen LogP contribution is -2.51. The van der Waals surface area contributed by atoms with Crippen LogP contribution in [0, 0.1) is 0 Å². The molecule has 1 atom stereocenters. The van der Waals surface area contributed by atoms with Crippen molar-refractivity contribution >= 4 is 11.8 Å². The van der Waals surface area contributed by atoms with Crippen LogP contribution in [0.25, 0.3) is 0 Å². The van der Waals surface area contributed by atoms with Crippen LogP contribution in [0.1, 0.15) is 32.3 Å². The number of nitrogens with one attached hydrogen (secondary N) is 1. The minimum Gasteiger partial charge on any atom is -0.343 e. The van der Waals surface area contributed by atoms with Crippen LogP contribution in [0.5, 0.6) is 0 Å². The van der Waals surface area contributed by atoms with Crippen LogP contribution in [0.15, 0.2) is 30.3 Å². The molecule has 0 spiro atoms. The van der Waals surface area contributed by atoms with E-state index in [9.17, 15) is 9.59 Å². The topological polar surface area (TPSA) is 52.7 Å². The van der Waals surface area contributed by atoms with Crippen molar-refractivity contribution in [3.63, 3.8) is 0 Å². The number of nitrogens with zero attached hydrogens (tertiary/aromatic N) is 2. The molecular weight excluding hydrogens is 290 g/mol. The lowest BCUT2D eigenvalue weighted by atomic mass is 10.0. The Hall–Kier alpha value is -1.88. The van der Waals surface area contributed by atoms with Gasteiger partial charge in [-0.25, -0.2) is 0 Å². The van der Waals surface area contributed by atoms with Crippen LogP contribution in [0.2, 0.25) is 0 Å². The molecule has 0 radical (unpaired) electrons. The van der Waals surface area contributed by atoms with Crippen molar-refractivity contribution in [1.29, 1.82) is 0 Å². The standard InChI is InChI=1S/C18H27N3O2/c1-14(19-17-9-11-21(12-10-17)15(2)22)18(23)20(3)13-16-7-5-4-6-8-16/h4-8,14,17,19H,9-13H2,1-3H3/t14-/m1/s1. The zero-order valence-electron chi connectivity index (χ0n) is 14.3. The van der Waals surface area contributed by atoms with Gasteiger partial charge in [-0.2, -0.15) is 0 Å². The first-order chi connectivity index (χ1) is 11.0. The summed E-state index contributed by atoms with van der Waals surface area (Å²) in [6, 6.07) is 10.1. The van der Waals surface area contributed by atoms with Gasteiger partial charge in [0.05, 0.1) is 6.04 Å². The van der Waals surface area contributed by atoms with Gasteiger partial charge in [-0.1, -0.05) is 30.3 Å². The average molecular weight is 317 g/mol. The Kier molecular flexibility index (Phi) is 6.16. The second-order valence-electron chi connectivity index (χ2n) is 6.35. The van der Waals surface area contributed by atoms with E-state index in [2.05, 4.69) is 5.32 Å². The van der Waals surface area contributed by atoms with Crippen molar-refractivity contribution in [2.75, 3.05) is 20.1 Å². The number of carbonyl (C=O) groups excluding carboxylic acids is 2. The number of likely N-dealkylation sites (tertiary alicyclic amines) is 1. The van der Waals surface area contributed by atoms with Gasteiger partial charge >= 0.3 is 0 Å². The Morgan fingerprint density at radius 3 is 2.43 bits per heavy atom. The van der Waals surface area contributed by atoms with Crippen LogP contribution < -0.4 is 5.32 Å². The summed E-state index contributed by atoms with van der Waals surface area (Å²) in [5.74, 6) is 0.234. The molecular formula is C18H27N3O2. The maximum Gasteiger partial charge on any atom is 0.239 e. The van der Waals surface area contributed by atoms with E-state index in [-0.39, 0.29) is 17.9 Å². The number of benzene rings is 1. The van der Waals surface area contributed by atoms with Gasteiger partial charge in [0, 0.05) is 39.6 Å². The first-order valence-electron chi connectivity index (χ1n) is 8.28. The van der Waals surface area contributed by atoms with Crippen LogP contribution in [0.4, 0.5) is 0 Å². The number of likely N-dealkylation sites (N-methyl/N-ethyl adjacent to an activating group) is 1. The number of hydrogen-bond acceptors (Lipinski definition) is 3. The van der Waals surface area contributed by atoms with E-state index in [0.717, 1.165) is 31.5 Å². The van der Waals surface area contributed by atoms with Crippen molar-refractivity contribution < 1.29 is 9.59 Å². The fraction of sp³-hybridized carbons (Fsp3) is 0.556. The van der Waals surface area contributed by atoms with Crippen LogP contribution in [-0.2, 0) is 16.1 Å². The zero-order valence-corrected chi connectivity index (χ0v) is 14.3. The molecule has 126 valence electrons. The quantitative estimate of drug-likeness (QED) is 0.898. The molecule has 1 heterocycles. The molecule has 0 bridgehead atoms. The predicted molar refractivity (Wildman–Crippen MR) is 90.8 cm³/mol. The molecule has 1 N–H and O–H groups in total. The second-order valence-corrected chi connectivity index (χ2v) is 6.35. The average Bonchev–Trinajstić information content (AvgIpc) is 2.55. The SMILES string of the molecule is CC(=O)N1CCC(N[C@H](C)C(=O)N(C)Cc2ccccc2)CC1. The van der Waals surface area contributed by atoms with Crippen molar-refractivity contribution in [1.82, 2.24) is 15.1 Å². The van der Waals surface area contributed by atoms with Crippen molar-refractivity contribution in [3.05, 3.63) is 35.9 Å². The Bertz CT molecular complexity index is 524. The highest BCUT2D eigenvalue weighted by molar-refractivity contribution is 5.81. The van der Waals surface area contributed by atoms with Crippen molar-refractivity contribution in [2.45, 2.75) is 45.3 Å². The van der Waals surface area contributed by atoms with E-state index in [4.69, 9.17) is 0 Å². The molecule has 1 aromatic carbocycles. The highest BCUT2D eigenvalue weighted by Gasteiger charge is 2.25. The van der Waals surface area contributed by atoms with Crippen molar-refractivity contribution in [2.24, 2.45) is 0 Å². The molecule has 0 unspecified atom stereocenters. The third-order valence-electron chi connectivity index (χ3n) is 4.44. The van der Waals surface area contributed by atoms with Gasteiger partial charge in [0.2, 0.25) is 11.8 Å². The number of rotatable bonds is 5. The largest absolute Gasteiger partial charge is 0.343 e. The zero-order chi connectivity index (χ0) is 16.8. The highest BCUT2D eigenvalue weighted by atomic mass is 16.2. The molecule has 1 aromatic rings. The lowest BCUT2D eigenvalue weighted by molar-refractivity contribution is -0.133. The van der Waals surface area contributed by atoms with Gasteiger partial charge in [0.15, 0.2) is 0 Å². The van der Waals surface area contributed by atoms with Gasteiger partial charge in [-0.3, -0.25) is 9.59 Å². The summed E-state index contributed by atoms with van der Waals surface area (Å²) < 4.78 is 0. The summed E-state index contributed by atoms with van der Waals surface area (Å²) >= 11 is 0. The smallest absolute Gasteiger partial charge is 0.239 e. The summed E-state index contributed by atoms with van der Waals surface area (Å²) in [6.45, 7) is 5.69. The normalized spacial score (nSPS) is 16.9. The molecule has 23 heavy (non-hydrogen) atoms. The maximum atomic E-state index is 12.5. The molecule has 0 saturated carbocycles. The Labute approximate surface area is 138 Å². The molecule has 5 heteroatoms. The second kappa shape index (κ2) is 8.11. The van der Waals surface area contributed by atoms with E-state index < -0.39 is 0 Å². The fourth-order valence-electron chi connectivity index (χ4n) is 3.05. The fourth-order valence-corrected chi connectivity index (χ4v) is 3.05. The summed E-state index contributed by atoms with van der Waals surface area (Å²) in [4.78, 5) is 27.5. The maximum absolute atomic E-state index is 12.5. The van der Waals surface area contributed by atoms with E-state index >= 15 is 0 Å². The monoisotopic (exact) mass is 317 g/mol. The Morgan fingerprint density at radius 2 is 1.87 bits per heavy atom. The summed E-state index contributed by atoms with van der Waals surface area (Å²) in [7, 11) is 1.84. The Morgan fingerprint density at radius 1 is 1.26 bits per heavy atom. The third-order valence-corrected chi connectivity index (χ3v) is 4.44. The highest BCUT2D eigenvalue weighted by Crippen LogP contribution is 2.12.